The van der Waals surface area contributed by atoms with Crippen LogP contribution in [0.3, 0.4) is 0 Å². The van der Waals surface area contributed by atoms with E-state index in [4.69, 9.17) is 15.3 Å². The minimum atomic E-state index is -0.269. The Kier molecular flexibility index (Phi) is 5.26. The minimum Gasteiger partial charge on any atom is -0.459 e. The van der Waals surface area contributed by atoms with Gasteiger partial charge in [0.1, 0.15) is 6.07 Å². The van der Waals surface area contributed by atoms with Crippen molar-refractivity contribution in [2.45, 2.75) is 13.0 Å². The largest absolute Gasteiger partial charge is 0.459 e. The van der Waals surface area contributed by atoms with Crippen LogP contribution in [0.15, 0.2) is 27.2 Å². The second kappa shape index (κ2) is 7.77. The highest BCUT2D eigenvalue weighted by atomic mass is 16.4. The lowest BCUT2D eigenvalue weighted by atomic mass is 10.2. The predicted octanol–water partition coefficient (Wildman–Crippen LogP) is 1.07. The van der Waals surface area contributed by atoms with E-state index in [1.807, 2.05) is 11.8 Å². The lowest BCUT2D eigenvalue weighted by Gasteiger charge is -2.37. The third kappa shape index (κ3) is 3.56. The van der Waals surface area contributed by atoms with Gasteiger partial charge in [0.05, 0.1) is 18.8 Å². The molecule has 1 fully saturated rings. The Balaban J connectivity index is 1.66. The first kappa shape index (κ1) is 17.6. The number of nitrogens with zero attached hydrogens (tertiary/aromatic N) is 4. The number of carbonyl (C=O) groups excluding carboxylic acids is 1. The maximum Gasteiger partial charge on any atom is 0.266 e. The van der Waals surface area contributed by atoms with E-state index in [0.29, 0.717) is 37.8 Å². The summed E-state index contributed by atoms with van der Waals surface area (Å²) in [5, 5.41) is 12.0. The summed E-state index contributed by atoms with van der Waals surface area (Å²) >= 11 is 0. The lowest BCUT2D eigenvalue weighted by molar-refractivity contribution is -0.125. The van der Waals surface area contributed by atoms with E-state index in [1.165, 1.54) is 6.26 Å². The van der Waals surface area contributed by atoms with Crippen molar-refractivity contribution in [1.82, 2.24) is 15.2 Å². The molecule has 0 radical (unpaired) electrons. The van der Waals surface area contributed by atoms with E-state index in [-0.39, 0.29) is 30.1 Å². The van der Waals surface area contributed by atoms with Gasteiger partial charge in [0, 0.05) is 26.2 Å². The van der Waals surface area contributed by atoms with E-state index in [9.17, 15) is 10.1 Å². The Morgan fingerprint density at radius 2 is 2.23 bits per heavy atom. The van der Waals surface area contributed by atoms with E-state index in [1.54, 1.807) is 12.1 Å². The molecule has 1 atom stereocenters. The molecule has 0 aromatic carbocycles. The summed E-state index contributed by atoms with van der Waals surface area (Å²) in [4.78, 5) is 20.3. The summed E-state index contributed by atoms with van der Waals surface area (Å²) in [6.45, 7) is 4.63. The van der Waals surface area contributed by atoms with Gasteiger partial charge in [0.2, 0.25) is 17.5 Å². The summed E-state index contributed by atoms with van der Waals surface area (Å²) in [5.41, 5.74) is 0.227. The number of hydrogen-bond acceptors (Lipinski definition) is 7. The van der Waals surface area contributed by atoms with Crippen LogP contribution >= 0.6 is 0 Å². The number of aromatic nitrogens is 1. The number of hydrogen-bond donors (Lipinski definition) is 1. The molecule has 0 aliphatic carbocycles. The molecule has 1 aliphatic rings. The van der Waals surface area contributed by atoms with Crippen LogP contribution in [0, 0.1) is 23.7 Å². The number of rotatable bonds is 5. The first-order valence-electron chi connectivity index (χ1n) is 8.29. The summed E-state index contributed by atoms with van der Waals surface area (Å²) in [7, 11) is 0. The van der Waals surface area contributed by atoms with Crippen LogP contribution in [0.5, 0.6) is 0 Å². The Morgan fingerprint density at radius 1 is 1.46 bits per heavy atom. The molecular weight excluding hydrogens is 334 g/mol. The van der Waals surface area contributed by atoms with Crippen LogP contribution in [0.25, 0.3) is 11.7 Å². The fraction of sp³-hybridized carbons (Fsp3) is 0.389. The summed E-state index contributed by atoms with van der Waals surface area (Å²) in [6, 6.07) is 5.26. The van der Waals surface area contributed by atoms with Crippen molar-refractivity contribution in [3.8, 4) is 30.1 Å². The molecule has 0 saturated carbocycles. The Bertz CT molecular complexity index is 835. The maximum atomic E-state index is 12.0. The SMILES string of the molecule is C#CCNC(=O)C(C)N1CCN(c2oc(-c3ccco3)nc2C#N)CC1. The van der Waals surface area contributed by atoms with Crippen molar-refractivity contribution in [1.29, 1.82) is 5.26 Å². The second-order valence-corrected chi connectivity index (χ2v) is 5.88. The Hall–Kier alpha value is -3.23. The van der Waals surface area contributed by atoms with Crippen molar-refractivity contribution in [3.63, 3.8) is 0 Å². The number of anilines is 1. The molecule has 8 heteroatoms. The molecule has 26 heavy (non-hydrogen) atoms. The Morgan fingerprint density at radius 3 is 2.85 bits per heavy atom. The van der Waals surface area contributed by atoms with E-state index in [0.717, 1.165) is 0 Å². The van der Waals surface area contributed by atoms with Crippen LogP contribution in [-0.4, -0.2) is 54.6 Å². The topological polar surface area (TPSA) is 98.5 Å². The molecule has 134 valence electrons. The standard InChI is InChI=1S/C18H19N5O3/c1-3-6-20-16(24)13(2)22-7-9-23(10-8-22)18-14(12-19)21-17(26-18)15-5-4-11-25-15/h1,4-5,11,13H,6-10H2,2H3,(H,20,24). The number of carbonyl (C=O) groups is 1. The van der Waals surface area contributed by atoms with Gasteiger partial charge < -0.3 is 19.1 Å². The Labute approximate surface area is 151 Å². The molecule has 3 rings (SSSR count). The monoisotopic (exact) mass is 353 g/mol. The summed E-state index contributed by atoms with van der Waals surface area (Å²) in [5.74, 6) is 3.50. The van der Waals surface area contributed by atoms with Gasteiger partial charge >= 0.3 is 0 Å². The van der Waals surface area contributed by atoms with Gasteiger partial charge in [-0.2, -0.15) is 10.2 Å². The second-order valence-electron chi connectivity index (χ2n) is 5.88. The van der Waals surface area contributed by atoms with Crippen LogP contribution in [0.4, 0.5) is 5.88 Å². The average Bonchev–Trinajstić information content (AvgIpc) is 3.34. The van der Waals surface area contributed by atoms with E-state index < -0.39 is 0 Å². The fourth-order valence-corrected chi connectivity index (χ4v) is 2.87. The van der Waals surface area contributed by atoms with Gasteiger partial charge in [-0.05, 0) is 19.1 Å². The average molecular weight is 353 g/mol. The third-order valence-corrected chi connectivity index (χ3v) is 4.34. The van der Waals surface area contributed by atoms with E-state index >= 15 is 0 Å². The zero-order chi connectivity index (χ0) is 18.5. The van der Waals surface area contributed by atoms with Gasteiger partial charge in [0.25, 0.3) is 5.89 Å². The first-order chi connectivity index (χ1) is 12.6. The predicted molar refractivity (Wildman–Crippen MR) is 94.0 cm³/mol. The summed E-state index contributed by atoms with van der Waals surface area (Å²) in [6.07, 6.45) is 6.69. The zero-order valence-electron chi connectivity index (χ0n) is 14.4. The van der Waals surface area contributed by atoms with Crippen LogP contribution in [0.1, 0.15) is 12.6 Å². The quantitative estimate of drug-likeness (QED) is 0.803. The van der Waals surface area contributed by atoms with Crippen LogP contribution in [0.2, 0.25) is 0 Å². The number of oxazole rings is 1. The highest BCUT2D eigenvalue weighted by Gasteiger charge is 2.29. The number of nitrogens with one attached hydrogen (secondary N) is 1. The molecule has 2 aromatic heterocycles. The molecular formula is C18H19N5O3. The molecule has 0 spiro atoms. The first-order valence-corrected chi connectivity index (χ1v) is 8.29. The van der Waals surface area contributed by atoms with Crippen molar-refractivity contribution in [2.24, 2.45) is 0 Å². The maximum absolute atomic E-state index is 12.0. The van der Waals surface area contributed by atoms with Crippen molar-refractivity contribution >= 4 is 11.8 Å². The van der Waals surface area contributed by atoms with Gasteiger partial charge in [-0.25, -0.2) is 0 Å². The van der Waals surface area contributed by atoms with Gasteiger partial charge in [0.15, 0.2) is 5.76 Å². The van der Waals surface area contributed by atoms with Gasteiger partial charge in [-0.15, -0.1) is 6.42 Å². The van der Waals surface area contributed by atoms with Crippen molar-refractivity contribution in [3.05, 3.63) is 24.1 Å². The summed E-state index contributed by atoms with van der Waals surface area (Å²) < 4.78 is 11.0. The molecule has 1 saturated heterocycles. The molecule has 1 N–H and O–H groups in total. The molecule has 1 amide bonds. The van der Waals surface area contributed by atoms with Crippen LogP contribution < -0.4 is 10.2 Å². The number of terminal acetylenes is 1. The number of furan rings is 1. The highest BCUT2D eigenvalue weighted by Crippen LogP contribution is 2.29. The van der Waals surface area contributed by atoms with E-state index in [2.05, 4.69) is 27.2 Å². The van der Waals surface area contributed by atoms with Crippen LogP contribution in [-0.2, 0) is 4.79 Å². The lowest BCUT2D eigenvalue weighted by Crippen LogP contribution is -2.54. The highest BCUT2D eigenvalue weighted by molar-refractivity contribution is 5.81. The number of nitriles is 1. The van der Waals surface area contributed by atoms with Crippen molar-refractivity contribution in [2.75, 3.05) is 37.6 Å². The normalized spacial score (nSPS) is 15.9. The molecule has 8 nitrogen and oxygen atoms in total. The number of piperazine rings is 1. The van der Waals surface area contributed by atoms with Crippen molar-refractivity contribution < 1.29 is 13.6 Å². The molecule has 3 heterocycles. The number of amides is 1. The van der Waals surface area contributed by atoms with Gasteiger partial charge in [-0.1, -0.05) is 5.92 Å². The minimum absolute atomic E-state index is 0.0890. The molecule has 1 aliphatic heterocycles. The molecule has 0 bridgehead atoms. The van der Waals surface area contributed by atoms with Gasteiger partial charge in [-0.3, -0.25) is 9.69 Å². The fourth-order valence-electron chi connectivity index (χ4n) is 2.87. The third-order valence-electron chi connectivity index (χ3n) is 4.34. The molecule has 2 aromatic rings. The zero-order valence-corrected chi connectivity index (χ0v) is 14.4. The molecule has 1 unspecified atom stereocenters. The smallest absolute Gasteiger partial charge is 0.266 e.